The van der Waals surface area contributed by atoms with Crippen molar-refractivity contribution in [3.05, 3.63) is 30.3 Å². The van der Waals surface area contributed by atoms with E-state index < -0.39 is 0 Å². The first-order valence-electron chi connectivity index (χ1n) is 5.28. The molecule has 4 rings (SSSR count). The molecule has 0 spiro atoms. The Morgan fingerprint density at radius 3 is 3.07 bits per heavy atom. The lowest BCUT2D eigenvalue weighted by Crippen LogP contribution is -1.74. The van der Waals surface area contributed by atoms with Crippen molar-refractivity contribution in [2.24, 2.45) is 0 Å². The third-order valence-corrected chi connectivity index (χ3v) is 3.02. The van der Waals surface area contributed by atoms with Crippen LogP contribution in [0.5, 0.6) is 0 Å². The van der Waals surface area contributed by atoms with E-state index in [0.29, 0.717) is 5.92 Å². The Morgan fingerprint density at radius 1 is 1.27 bits per heavy atom. The van der Waals surface area contributed by atoms with E-state index in [1.165, 1.54) is 18.2 Å². The third kappa shape index (κ3) is 0.975. The third-order valence-electron chi connectivity index (χ3n) is 3.02. The van der Waals surface area contributed by atoms with Gasteiger partial charge in [0.1, 0.15) is 5.52 Å². The van der Waals surface area contributed by atoms with Crippen molar-refractivity contribution < 1.29 is 4.42 Å². The van der Waals surface area contributed by atoms with Gasteiger partial charge in [0.2, 0.25) is 0 Å². The van der Waals surface area contributed by atoms with Gasteiger partial charge in [0.05, 0.1) is 5.52 Å². The van der Waals surface area contributed by atoms with Crippen molar-refractivity contribution in [3.63, 3.8) is 0 Å². The van der Waals surface area contributed by atoms with E-state index >= 15 is 0 Å². The van der Waals surface area contributed by atoms with E-state index in [0.717, 1.165) is 22.5 Å². The minimum Gasteiger partial charge on any atom is -0.438 e. The first kappa shape index (κ1) is 7.51. The minimum atomic E-state index is 0.572. The molecule has 3 aromatic rings. The number of nitrogens with one attached hydrogen (secondary N) is 1. The van der Waals surface area contributed by atoms with Crippen LogP contribution in [0.3, 0.4) is 0 Å². The lowest BCUT2D eigenvalue weighted by atomic mass is 10.2. The Hall–Kier alpha value is -1.77. The van der Waals surface area contributed by atoms with Gasteiger partial charge in [-0.15, -0.1) is 0 Å². The fourth-order valence-corrected chi connectivity index (χ4v) is 2.03. The van der Waals surface area contributed by atoms with Crippen molar-refractivity contribution in [2.75, 3.05) is 0 Å². The zero-order valence-corrected chi connectivity index (χ0v) is 8.16. The average molecular weight is 198 g/mol. The normalized spacial score (nSPS) is 16.5. The van der Waals surface area contributed by atoms with Crippen LogP contribution in [0.25, 0.3) is 22.0 Å². The maximum Gasteiger partial charge on any atom is 0.198 e. The Labute approximate surface area is 86.1 Å². The van der Waals surface area contributed by atoms with Crippen LogP contribution in [0.1, 0.15) is 24.7 Å². The highest BCUT2D eigenvalue weighted by molar-refractivity contribution is 6.00. The van der Waals surface area contributed by atoms with Gasteiger partial charge in [0.25, 0.3) is 0 Å². The van der Waals surface area contributed by atoms with Gasteiger partial charge in [-0.3, -0.25) is 0 Å². The summed E-state index contributed by atoms with van der Waals surface area (Å²) < 4.78 is 5.82. The van der Waals surface area contributed by atoms with Gasteiger partial charge in [0.15, 0.2) is 11.5 Å². The zero-order chi connectivity index (χ0) is 9.83. The van der Waals surface area contributed by atoms with Gasteiger partial charge in [-0.05, 0) is 25.0 Å². The number of H-pyrrole nitrogens is 1. The molecular weight excluding hydrogens is 188 g/mol. The van der Waals surface area contributed by atoms with E-state index in [9.17, 15) is 0 Å². The van der Waals surface area contributed by atoms with E-state index in [1.54, 1.807) is 0 Å². The minimum absolute atomic E-state index is 0.572. The zero-order valence-electron chi connectivity index (χ0n) is 8.16. The highest BCUT2D eigenvalue weighted by atomic mass is 16.3. The van der Waals surface area contributed by atoms with Crippen molar-refractivity contribution in [1.82, 2.24) is 9.97 Å². The van der Waals surface area contributed by atoms with Crippen LogP contribution in [0.15, 0.2) is 28.8 Å². The number of oxazole rings is 1. The molecule has 74 valence electrons. The fraction of sp³-hybridized carbons (Fsp3) is 0.250. The lowest BCUT2D eigenvalue weighted by molar-refractivity contribution is 0.535. The Kier molecular flexibility index (Phi) is 1.21. The molecule has 3 nitrogen and oxygen atoms in total. The van der Waals surface area contributed by atoms with Crippen molar-refractivity contribution >= 4 is 22.0 Å². The molecular formula is C12H10N2O. The lowest BCUT2D eigenvalue weighted by Gasteiger charge is -1.89. The molecule has 1 aliphatic rings. The number of benzene rings is 1. The molecule has 1 saturated carbocycles. The number of fused-ring (bicyclic) bond motifs is 3. The molecule has 0 aliphatic heterocycles. The molecule has 0 radical (unpaired) electrons. The molecule has 0 atom stereocenters. The summed E-state index contributed by atoms with van der Waals surface area (Å²) >= 11 is 0. The molecule has 0 bridgehead atoms. The average Bonchev–Trinajstić information content (AvgIpc) is 2.84. The van der Waals surface area contributed by atoms with Crippen LogP contribution in [-0.4, -0.2) is 9.97 Å². The van der Waals surface area contributed by atoms with Gasteiger partial charge in [-0.25, -0.2) is 4.98 Å². The molecule has 1 N–H and O–H groups in total. The monoisotopic (exact) mass is 198 g/mol. The van der Waals surface area contributed by atoms with E-state index in [2.05, 4.69) is 16.0 Å². The van der Waals surface area contributed by atoms with E-state index in [1.807, 2.05) is 18.3 Å². The second kappa shape index (κ2) is 2.42. The predicted octanol–water partition coefficient (Wildman–Crippen LogP) is 3.19. The number of nitrogens with zero attached hydrogens (tertiary/aromatic N) is 1. The molecule has 1 aromatic carbocycles. The summed E-state index contributed by atoms with van der Waals surface area (Å²) in [6.07, 6.45) is 4.38. The molecule has 2 heterocycles. The first-order valence-corrected chi connectivity index (χ1v) is 5.28. The van der Waals surface area contributed by atoms with Crippen LogP contribution in [0.2, 0.25) is 0 Å². The largest absolute Gasteiger partial charge is 0.438 e. The smallest absolute Gasteiger partial charge is 0.198 e. The Balaban J connectivity index is 2.12. The van der Waals surface area contributed by atoms with Crippen LogP contribution >= 0.6 is 0 Å². The van der Waals surface area contributed by atoms with Gasteiger partial charge >= 0.3 is 0 Å². The maximum atomic E-state index is 5.82. The summed E-state index contributed by atoms with van der Waals surface area (Å²) in [7, 11) is 0. The Bertz CT molecular complexity index is 646. The fourth-order valence-electron chi connectivity index (χ4n) is 2.03. The highest BCUT2D eigenvalue weighted by Gasteiger charge is 2.29. The summed E-state index contributed by atoms with van der Waals surface area (Å²) in [5, 5.41) is 1.18. The molecule has 0 unspecified atom stereocenters. The number of hydrogen-bond donors (Lipinski definition) is 1. The number of aromatic nitrogens is 2. The summed E-state index contributed by atoms with van der Waals surface area (Å²) in [5.41, 5.74) is 2.93. The van der Waals surface area contributed by atoms with E-state index in [-0.39, 0.29) is 0 Å². The van der Waals surface area contributed by atoms with Gasteiger partial charge < -0.3 is 9.40 Å². The topological polar surface area (TPSA) is 41.8 Å². The number of aromatic amines is 1. The molecule has 15 heavy (non-hydrogen) atoms. The molecule has 1 aliphatic carbocycles. The van der Waals surface area contributed by atoms with Crippen molar-refractivity contribution in [3.8, 4) is 0 Å². The van der Waals surface area contributed by atoms with Gasteiger partial charge in [0, 0.05) is 17.5 Å². The second-order valence-corrected chi connectivity index (χ2v) is 4.18. The molecule has 3 heteroatoms. The molecule has 2 aromatic heterocycles. The van der Waals surface area contributed by atoms with Crippen molar-refractivity contribution in [1.29, 1.82) is 0 Å². The summed E-state index contributed by atoms with van der Waals surface area (Å²) in [6.45, 7) is 0. The molecule has 0 saturated heterocycles. The quantitative estimate of drug-likeness (QED) is 0.652. The van der Waals surface area contributed by atoms with Crippen LogP contribution in [0, 0.1) is 0 Å². The summed E-state index contributed by atoms with van der Waals surface area (Å²) in [5.74, 6) is 1.48. The second-order valence-electron chi connectivity index (χ2n) is 4.18. The first-order chi connectivity index (χ1) is 7.42. The summed E-state index contributed by atoms with van der Waals surface area (Å²) in [4.78, 5) is 7.72. The molecule has 1 fully saturated rings. The van der Waals surface area contributed by atoms with Crippen LogP contribution in [-0.2, 0) is 0 Å². The van der Waals surface area contributed by atoms with E-state index in [4.69, 9.17) is 4.42 Å². The van der Waals surface area contributed by atoms with Gasteiger partial charge in [-0.1, -0.05) is 6.07 Å². The Morgan fingerprint density at radius 2 is 2.20 bits per heavy atom. The van der Waals surface area contributed by atoms with Crippen molar-refractivity contribution in [2.45, 2.75) is 18.8 Å². The SMILES string of the molecule is c1cc2ccc3nc(C4CC4)oc3c2[nH]1. The van der Waals surface area contributed by atoms with Crippen LogP contribution in [0.4, 0.5) is 0 Å². The van der Waals surface area contributed by atoms with Crippen LogP contribution < -0.4 is 0 Å². The summed E-state index contributed by atoms with van der Waals surface area (Å²) in [6, 6.07) is 6.16. The predicted molar refractivity (Wildman–Crippen MR) is 57.8 cm³/mol. The number of rotatable bonds is 1. The maximum absolute atomic E-state index is 5.82. The van der Waals surface area contributed by atoms with Gasteiger partial charge in [-0.2, -0.15) is 0 Å². The molecule has 0 amide bonds. The highest BCUT2D eigenvalue weighted by Crippen LogP contribution is 2.41. The number of hydrogen-bond acceptors (Lipinski definition) is 2. The standard InChI is InChI=1S/C12H10N2O/c1-2-8(1)12-14-9-4-3-7-5-6-13-10(7)11(9)15-12/h3-6,8,13H,1-2H2.